The highest BCUT2D eigenvalue weighted by Gasteiger charge is 2.43. The molecule has 21 nitrogen and oxygen atoms in total. The third kappa shape index (κ3) is 28.6. The molecule has 0 spiro atoms. The molecular formula is C55H100F6N8O13Si3. The maximum Gasteiger partial charge on any atom is 0.490 e. The van der Waals surface area contributed by atoms with E-state index in [1.807, 2.05) is 34.6 Å². The summed E-state index contributed by atoms with van der Waals surface area (Å²) in [5.74, 6) is -1.70. The molecule has 3 aliphatic carbocycles. The molecule has 492 valence electrons. The molecule has 0 bridgehead atoms. The number of carbonyl (C=O) groups excluding carboxylic acids is 3. The Morgan fingerprint density at radius 2 is 0.906 bits per heavy atom. The minimum Gasteiger partial charge on any atom is -0.475 e. The highest BCUT2D eigenvalue weighted by Crippen LogP contribution is 2.42. The maximum absolute atomic E-state index is 12.3. The third-order valence-electron chi connectivity index (χ3n) is 15.8. The molecule has 3 saturated carbocycles. The summed E-state index contributed by atoms with van der Waals surface area (Å²) in [6.45, 7) is 44.1. The number of ketones is 1. The van der Waals surface area contributed by atoms with Crippen molar-refractivity contribution >= 4 is 54.7 Å². The molecule has 3 aliphatic rings. The van der Waals surface area contributed by atoms with Gasteiger partial charge in [0, 0.05) is 37.4 Å². The highest BCUT2D eigenvalue weighted by molar-refractivity contribution is 6.75. The fourth-order valence-electron chi connectivity index (χ4n) is 7.66. The molecular weight excluding hydrogens is 1180 g/mol. The van der Waals surface area contributed by atoms with E-state index in [4.69, 9.17) is 58.1 Å². The third-order valence-corrected chi connectivity index (χ3v) is 29.4. The second-order valence-corrected chi connectivity index (χ2v) is 42.2. The lowest BCUT2D eigenvalue weighted by Crippen LogP contribution is -2.48. The van der Waals surface area contributed by atoms with Crippen LogP contribution in [0.4, 0.5) is 31.1 Å². The van der Waals surface area contributed by atoms with Gasteiger partial charge in [0.15, 0.2) is 30.7 Å². The predicted octanol–water partition coefficient (Wildman–Crippen LogP) is 11.9. The van der Waals surface area contributed by atoms with Gasteiger partial charge in [-0.15, -0.1) is 20.4 Å². The van der Waals surface area contributed by atoms with Crippen LogP contribution < -0.4 is 22.1 Å². The van der Waals surface area contributed by atoms with Gasteiger partial charge in [0.2, 0.25) is 29.5 Å². The number of rotatable bonds is 18. The second-order valence-electron chi connectivity index (χ2n) is 28.0. The number of hydrogen-bond donors (Lipinski definition) is 6. The van der Waals surface area contributed by atoms with Gasteiger partial charge in [-0.1, -0.05) is 62.3 Å². The Bertz CT molecular complexity index is 2320. The second kappa shape index (κ2) is 31.2. The van der Waals surface area contributed by atoms with E-state index >= 15 is 0 Å². The minimum atomic E-state index is -5.08. The zero-order valence-electron chi connectivity index (χ0n) is 53.9. The molecule has 0 unspecified atom stereocenters. The van der Waals surface area contributed by atoms with Crippen LogP contribution >= 0.6 is 0 Å². The molecule has 85 heavy (non-hydrogen) atoms. The van der Waals surface area contributed by atoms with Crippen molar-refractivity contribution < 1.29 is 87.4 Å². The van der Waals surface area contributed by atoms with E-state index in [-0.39, 0.29) is 57.5 Å². The zero-order chi connectivity index (χ0) is 66.4. The van der Waals surface area contributed by atoms with Crippen LogP contribution in [0.5, 0.6) is 0 Å². The smallest absolute Gasteiger partial charge is 0.475 e. The Hall–Kier alpha value is -4.34. The first-order valence-electron chi connectivity index (χ1n) is 28.6. The van der Waals surface area contributed by atoms with Crippen LogP contribution in [0.25, 0.3) is 0 Å². The summed E-state index contributed by atoms with van der Waals surface area (Å²) in [6, 6.07) is 0.770. The molecule has 3 atom stereocenters. The summed E-state index contributed by atoms with van der Waals surface area (Å²) < 4.78 is 98.9. The number of carbonyl (C=O) groups is 5. The number of ether oxygens (including phenoxy) is 1. The van der Waals surface area contributed by atoms with Gasteiger partial charge in [0.1, 0.15) is 23.9 Å². The first-order chi connectivity index (χ1) is 38.1. The van der Waals surface area contributed by atoms with Crippen molar-refractivity contribution in [2.75, 3.05) is 6.54 Å². The summed E-state index contributed by atoms with van der Waals surface area (Å²) >= 11 is 0. The number of aromatic nitrogens is 4. The van der Waals surface area contributed by atoms with Crippen molar-refractivity contribution in [1.82, 2.24) is 31.0 Å². The number of amides is 2. The predicted molar refractivity (Wildman–Crippen MR) is 314 cm³/mol. The lowest BCUT2D eigenvalue weighted by atomic mass is 9.77. The molecule has 3 fully saturated rings. The van der Waals surface area contributed by atoms with E-state index in [0.29, 0.717) is 53.9 Å². The summed E-state index contributed by atoms with van der Waals surface area (Å²) in [5.41, 5.74) is 11.1. The van der Waals surface area contributed by atoms with E-state index in [2.05, 4.69) is 133 Å². The van der Waals surface area contributed by atoms with Gasteiger partial charge in [0.25, 0.3) is 0 Å². The molecule has 5 rings (SSSR count). The number of carboxylic acids is 2. The highest BCUT2D eigenvalue weighted by atomic mass is 28.4. The molecule has 0 saturated heterocycles. The van der Waals surface area contributed by atoms with Crippen molar-refractivity contribution in [3.05, 3.63) is 23.6 Å². The van der Waals surface area contributed by atoms with Crippen LogP contribution in [-0.2, 0) is 50.0 Å². The number of alkyl carbamates (subject to hydrolysis) is 1. The number of nitrogens with zero attached hydrogens (tertiary/aromatic N) is 4. The number of hydrogen-bond acceptors (Lipinski definition) is 17. The fraction of sp³-hybridized carbons (Fsp3) is 0.836. The fourth-order valence-corrected chi connectivity index (χ4v) is 11.7. The average molecular weight is 1280 g/mol. The zero-order valence-corrected chi connectivity index (χ0v) is 56.9. The Morgan fingerprint density at radius 1 is 0.576 bits per heavy atom. The molecule has 0 radical (unpaired) electrons. The molecule has 0 aliphatic heterocycles. The van der Waals surface area contributed by atoms with Crippen molar-refractivity contribution in [2.24, 2.45) is 29.2 Å². The van der Waals surface area contributed by atoms with Crippen molar-refractivity contribution in [3.8, 4) is 0 Å². The quantitative estimate of drug-likeness (QED) is 0.0596. The van der Waals surface area contributed by atoms with Crippen LogP contribution in [0.2, 0.25) is 54.4 Å². The Balaban J connectivity index is 0.000000578. The van der Waals surface area contributed by atoms with Gasteiger partial charge >= 0.3 is 30.4 Å². The van der Waals surface area contributed by atoms with Gasteiger partial charge in [-0.2, -0.15) is 26.3 Å². The van der Waals surface area contributed by atoms with Gasteiger partial charge in [0.05, 0.1) is 6.54 Å². The minimum absolute atomic E-state index is 0.00130. The van der Waals surface area contributed by atoms with Crippen LogP contribution in [0.15, 0.2) is 8.83 Å². The Labute approximate surface area is 501 Å². The van der Waals surface area contributed by atoms with E-state index < -0.39 is 67.0 Å². The van der Waals surface area contributed by atoms with Gasteiger partial charge in [-0.3, -0.25) is 9.59 Å². The summed E-state index contributed by atoms with van der Waals surface area (Å²) in [4.78, 5) is 54.0. The molecule has 2 amide bonds. The van der Waals surface area contributed by atoms with Crippen LogP contribution in [0.1, 0.15) is 185 Å². The van der Waals surface area contributed by atoms with Gasteiger partial charge in [-0.25, -0.2) is 14.4 Å². The molecule has 0 aromatic carbocycles. The Kier molecular flexibility index (Phi) is 28.9. The SMILES string of the molecule is C[C@@H](O[Si](C)(C)C(C)(C)C)C(=O)NCC(=O)CC1CC(NC(=O)OC(C)(C)C)C1.C[C@@H](O[Si](C)(C)C(C)(C)C)c1nnc(CC2CC(N)C2)o1.C[C@@H](O[Si](C)(C)C(C)(C)C)c1nnc(CC2CC(N)C2)o1.O=C(O)C(F)(F)F.O=C(O)C(F)(F)F. The summed E-state index contributed by atoms with van der Waals surface area (Å²) in [5, 5.41) is 36.8. The number of nitrogens with two attached hydrogens (primary N) is 2. The molecule has 2 aromatic heterocycles. The van der Waals surface area contributed by atoms with E-state index in [1.165, 1.54) is 0 Å². The monoisotopic (exact) mass is 1280 g/mol. The number of alkyl halides is 6. The summed E-state index contributed by atoms with van der Waals surface area (Å²) in [6.07, 6.45) is -3.60. The lowest BCUT2D eigenvalue weighted by Gasteiger charge is -2.38. The Morgan fingerprint density at radius 3 is 1.20 bits per heavy atom. The largest absolute Gasteiger partial charge is 0.490 e. The van der Waals surface area contributed by atoms with E-state index in [1.54, 1.807) is 6.92 Å². The van der Waals surface area contributed by atoms with Crippen molar-refractivity contribution in [1.29, 1.82) is 0 Å². The average Bonchev–Trinajstić information content (AvgIpc) is 4.13. The van der Waals surface area contributed by atoms with Crippen molar-refractivity contribution in [3.63, 3.8) is 0 Å². The number of aliphatic carboxylic acids is 2. The first kappa shape index (κ1) is 78.7. The molecule has 2 aromatic rings. The van der Waals surface area contributed by atoms with Crippen LogP contribution in [-0.4, -0.2) is 134 Å². The van der Waals surface area contributed by atoms with Crippen molar-refractivity contribution in [2.45, 2.75) is 270 Å². The number of nitrogens with one attached hydrogen (secondary N) is 2. The number of halogens is 6. The number of Topliss-reactive ketones (excluding diaryl/α,β-unsaturated/α-hetero) is 1. The van der Waals surface area contributed by atoms with E-state index in [0.717, 1.165) is 51.4 Å². The standard InChI is InChI=1S/C21H40N2O5Si.2C15H29N3O2Si.2C2HF3O2/c1-14(28-29(8,9)21(5,6)7)18(25)22-13-17(24)12-15-10-16(11-15)23-19(26)27-20(2,3)4;2*1-10(20-21(5,6)15(2,3)4)14-18-17-13(19-14)9-11-7-12(16)8-11;2*3-2(4,5)1(6)7/h14-16H,10-13H2,1-9H3,(H,22,25)(H,23,26);2*10-12H,7-9,16H2,1-6H3;2*(H,6,7)/t14-,15?,16?;2*10-,11?,12?;;/m111../s1. The van der Waals surface area contributed by atoms with Gasteiger partial charge in [-0.05, 0) is 152 Å². The summed E-state index contributed by atoms with van der Waals surface area (Å²) in [7, 11) is -5.68. The maximum atomic E-state index is 12.3. The van der Waals surface area contributed by atoms with Crippen LogP contribution in [0.3, 0.4) is 0 Å². The lowest BCUT2D eigenvalue weighted by molar-refractivity contribution is -0.193. The van der Waals surface area contributed by atoms with E-state index in [9.17, 15) is 40.7 Å². The number of carboxylic acid groups (broad SMARTS) is 2. The van der Waals surface area contributed by atoms with Crippen LogP contribution in [0, 0.1) is 17.8 Å². The molecule has 8 N–H and O–H groups in total. The molecule has 30 heteroatoms. The van der Waals surface area contributed by atoms with Gasteiger partial charge < -0.3 is 59.2 Å². The normalized spacial score (nSPS) is 21.2. The first-order valence-corrected chi connectivity index (χ1v) is 37.4. The topological polar surface area (TPSA) is 317 Å². The molecule has 2 heterocycles.